The van der Waals surface area contributed by atoms with Crippen LogP contribution < -0.4 is 11.5 Å². The molecule has 0 unspecified atom stereocenters. The summed E-state index contributed by atoms with van der Waals surface area (Å²) in [5.41, 5.74) is 13.8. The smallest absolute Gasteiger partial charge is 0.239 e. The van der Waals surface area contributed by atoms with Crippen molar-refractivity contribution in [3.05, 3.63) is 26.6 Å². The summed E-state index contributed by atoms with van der Waals surface area (Å²) < 4.78 is 1.64. The first-order valence-corrected chi connectivity index (χ1v) is 11.1. The number of piperazine rings is 1. The standard InChI is InChI=1S/C19H29Br2N5O/c1-24-4-2-14(3-5-24)25-6-8-26(9-7-25)19(27)17(22)12-13-10-15(20)18(23)16(21)11-13/h10-11,14,17H,2-9,12,22-23H2,1H3/t17-/m0/s1. The zero-order valence-corrected chi connectivity index (χ0v) is 19.0. The van der Waals surface area contributed by atoms with Crippen molar-refractivity contribution < 1.29 is 4.79 Å². The molecule has 150 valence electrons. The monoisotopic (exact) mass is 501 g/mol. The topological polar surface area (TPSA) is 78.8 Å². The van der Waals surface area contributed by atoms with Crippen LogP contribution in [0.3, 0.4) is 0 Å². The first kappa shape index (κ1) is 21.0. The molecule has 2 fully saturated rings. The lowest BCUT2D eigenvalue weighted by atomic mass is 10.0. The summed E-state index contributed by atoms with van der Waals surface area (Å²) in [6, 6.07) is 4.01. The third kappa shape index (κ3) is 5.23. The molecular formula is C19H29Br2N5O. The van der Waals surface area contributed by atoms with Crippen LogP contribution in [0.2, 0.25) is 0 Å². The van der Waals surface area contributed by atoms with E-state index in [0.717, 1.165) is 40.7 Å². The van der Waals surface area contributed by atoms with Gasteiger partial charge in [0, 0.05) is 41.2 Å². The van der Waals surface area contributed by atoms with E-state index in [9.17, 15) is 4.79 Å². The highest BCUT2D eigenvalue weighted by atomic mass is 79.9. The van der Waals surface area contributed by atoms with Crippen LogP contribution in [0, 0.1) is 0 Å². The first-order chi connectivity index (χ1) is 12.8. The predicted octanol–water partition coefficient (Wildman–Crippen LogP) is 1.90. The number of hydrogen-bond donors (Lipinski definition) is 2. The SMILES string of the molecule is CN1CCC(N2CCN(C(=O)[C@@H](N)Cc3cc(Br)c(N)c(Br)c3)CC2)CC1. The molecule has 3 rings (SSSR count). The average Bonchev–Trinajstić information content (AvgIpc) is 2.66. The molecule has 0 saturated carbocycles. The summed E-state index contributed by atoms with van der Waals surface area (Å²) in [5.74, 6) is 0.0436. The molecule has 2 saturated heterocycles. The molecule has 6 nitrogen and oxygen atoms in total. The molecule has 0 bridgehead atoms. The van der Waals surface area contributed by atoms with E-state index < -0.39 is 6.04 Å². The lowest BCUT2D eigenvalue weighted by molar-refractivity contribution is -0.134. The highest BCUT2D eigenvalue weighted by Gasteiger charge is 2.29. The van der Waals surface area contributed by atoms with Gasteiger partial charge < -0.3 is 21.3 Å². The highest BCUT2D eigenvalue weighted by Crippen LogP contribution is 2.30. The molecule has 0 radical (unpaired) electrons. The van der Waals surface area contributed by atoms with Gasteiger partial charge in [-0.05, 0) is 89.0 Å². The van der Waals surface area contributed by atoms with E-state index >= 15 is 0 Å². The lowest BCUT2D eigenvalue weighted by Crippen LogP contribution is -2.56. The van der Waals surface area contributed by atoms with Crippen LogP contribution in [0.1, 0.15) is 18.4 Å². The Morgan fingerprint density at radius 1 is 1.11 bits per heavy atom. The molecule has 8 heteroatoms. The molecule has 27 heavy (non-hydrogen) atoms. The van der Waals surface area contributed by atoms with Gasteiger partial charge in [0.2, 0.25) is 5.91 Å². The Morgan fingerprint density at radius 2 is 1.67 bits per heavy atom. The highest BCUT2D eigenvalue weighted by molar-refractivity contribution is 9.11. The second-order valence-corrected chi connectivity index (χ2v) is 9.39. The number of nitrogens with zero attached hydrogens (tertiary/aromatic N) is 3. The average molecular weight is 503 g/mol. The minimum atomic E-state index is -0.526. The number of benzene rings is 1. The van der Waals surface area contributed by atoms with Crippen molar-refractivity contribution >= 4 is 43.5 Å². The second-order valence-electron chi connectivity index (χ2n) is 7.68. The number of hydrogen-bond acceptors (Lipinski definition) is 5. The summed E-state index contributed by atoms with van der Waals surface area (Å²) in [6.07, 6.45) is 2.96. The van der Waals surface area contributed by atoms with E-state index in [0.29, 0.717) is 18.2 Å². The molecule has 4 N–H and O–H groups in total. The zero-order valence-electron chi connectivity index (χ0n) is 15.8. The Labute approximate surface area is 178 Å². The van der Waals surface area contributed by atoms with E-state index in [1.54, 1.807) is 0 Å². The van der Waals surface area contributed by atoms with Gasteiger partial charge >= 0.3 is 0 Å². The number of rotatable bonds is 4. The Hall–Kier alpha value is -0.670. The fourth-order valence-electron chi connectivity index (χ4n) is 4.00. The summed E-state index contributed by atoms with van der Waals surface area (Å²) in [6.45, 7) is 5.78. The van der Waals surface area contributed by atoms with Crippen LogP contribution in [0.25, 0.3) is 0 Å². The van der Waals surface area contributed by atoms with Crippen molar-refractivity contribution in [1.29, 1.82) is 0 Å². The van der Waals surface area contributed by atoms with Crippen molar-refractivity contribution in [2.45, 2.75) is 31.3 Å². The van der Waals surface area contributed by atoms with E-state index in [4.69, 9.17) is 11.5 Å². The van der Waals surface area contributed by atoms with Gasteiger partial charge in [-0.1, -0.05) is 0 Å². The van der Waals surface area contributed by atoms with Crippen molar-refractivity contribution in [1.82, 2.24) is 14.7 Å². The van der Waals surface area contributed by atoms with Crippen molar-refractivity contribution in [3.63, 3.8) is 0 Å². The van der Waals surface area contributed by atoms with Crippen molar-refractivity contribution in [3.8, 4) is 0 Å². The molecule has 0 aliphatic carbocycles. The van der Waals surface area contributed by atoms with Gasteiger partial charge in [-0.3, -0.25) is 9.69 Å². The van der Waals surface area contributed by atoms with E-state index in [1.807, 2.05) is 17.0 Å². The number of nitrogens with two attached hydrogens (primary N) is 2. The summed E-state index contributed by atoms with van der Waals surface area (Å²) in [5, 5.41) is 0. The zero-order chi connectivity index (χ0) is 19.6. The number of carbonyl (C=O) groups is 1. The normalized spacial score (nSPS) is 21.4. The molecule has 1 amide bonds. The summed E-state index contributed by atoms with van der Waals surface area (Å²) in [7, 11) is 2.19. The largest absolute Gasteiger partial charge is 0.397 e. The van der Waals surface area contributed by atoms with Crippen LogP contribution in [-0.4, -0.2) is 79.0 Å². The van der Waals surface area contributed by atoms with Gasteiger partial charge in [-0.25, -0.2) is 0 Å². The number of carbonyl (C=O) groups excluding carboxylic acids is 1. The summed E-state index contributed by atoms with van der Waals surface area (Å²) in [4.78, 5) is 19.7. The van der Waals surface area contributed by atoms with E-state index in [2.05, 4.69) is 48.7 Å². The molecule has 0 aromatic heterocycles. The van der Waals surface area contributed by atoms with Crippen LogP contribution in [-0.2, 0) is 11.2 Å². The number of amides is 1. The van der Waals surface area contributed by atoms with E-state index in [1.165, 1.54) is 25.9 Å². The Balaban J connectivity index is 1.51. The van der Waals surface area contributed by atoms with Gasteiger partial charge in [-0.15, -0.1) is 0 Å². The van der Waals surface area contributed by atoms with Gasteiger partial charge in [0.25, 0.3) is 0 Å². The number of likely N-dealkylation sites (tertiary alicyclic amines) is 1. The van der Waals surface area contributed by atoms with Gasteiger partial charge in [0.05, 0.1) is 11.7 Å². The molecule has 1 atom stereocenters. The first-order valence-electron chi connectivity index (χ1n) is 9.55. The van der Waals surface area contributed by atoms with Crippen LogP contribution in [0.4, 0.5) is 5.69 Å². The van der Waals surface area contributed by atoms with Gasteiger partial charge in [0.15, 0.2) is 0 Å². The maximum Gasteiger partial charge on any atom is 0.239 e. The van der Waals surface area contributed by atoms with Crippen molar-refractivity contribution in [2.75, 3.05) is 52.0 Å². The minimum absolute atomic E-state index is 0.0436. The molecule has 2 aliphatic heterocycles. The van der Waals surface area contributed by atoms with Gasteiger partial charge in [-0.2, -0.15) is 0 Å². The summed E-state index contributed by atoms with van der Waals surface area (Å²) >= 11 is 6.90. The maximum absolute atomic E-state index is 12.8. The van der Waals surface area contributed by atoms with Crippen molar-refractivity contribution in [2.24, 2.45) is 5.73 Å². The van der Waals surface area contributed by atoms with Gasteiger partial charge in [0.1, 0.15) is 0 Å². The van der Waals surface area contributed by atoms with Crippen LogP contribution in [0.5, 0.6) is 0 Å². The number of piperidine rings is 1. The molecule has 1 aromatic rings. The van der Waals surface area contributed by atoms with Crippen LogP contribution in [0.15, 0.2) is 21.1 Å². The maximum atomic E-state index is 12.8. The van der Waals surface area contributed by atoms with E-state index in [-0.39, 0.29) is 5.91 Å². The third-order valence-electron chi connectivity index (χ3n) is 5.74. The third-order valence-corrected chi connectivity index (χ3v) is 7.05. The number of halogens is 2. The molecule has 2 aliphatic rings. The number of nitrogen functional groups attached to an aromatic ring is 1. The number of anilines is 1. The Morgan fingerprint density at radius 3 is 2.22 bits per heavy atom. The second kappa shape index (κ2) is 9.22. The fraction of sp³-hybridized carbons (Fsp3) is 0.632. The minimum Gasteiger partial charge on any atom is -0.397 e. The molecular weight excluding hydrogens is 474 g/mol. The Kier molecular flexibility index (Phi) is 7.19. The Bertz CT molecular complexity index is 647. The fourth-order valence-corrected chi connectivity index (χ4v) is 5.28. The molecule has 2 heterocycles. The molecule has 1 aromatic carbocycles. The lowest BCUT2D eigenvalue weighted by Gasteiger charge is -2.42. The quantitative estimate of drug-likeness (QED) is 0.615. The molecule has 0 spiro atoms. The van der Waals surface area contributed by atoms with Crippen LogP contribution >= 0.6 is 31.9 Å². The predicted molar refractivity (Wildman–Crippen MR) is 117 cm³/mol.